The fourth-order valence-electron chi connectivity index (χ4n) is 1.89. The Morgan fingerprint density at radius 2 is 1.85 bits per heavy atom. The van der Waals surface area contributed by atoms with Gasteiger partial charge in [-0.15, -0.1) is 0 Å². The molecule has 0 radical (unpaired) electrons. The highest BCUT2D eigenvalue weighted by Gasteiger charge is 2.27. The summed E-state index contributed by atoms with van der Waals surface area (Å²) >= 11 is 0. The molecule has 1 aromatic rings. The molecule has 1 N–H and O–H groups in total. The molecule has 70 valence electrons. The van der Waals surface area contributed by atoms with E-state index in [2.05, 4.69) is 31.2 Å². The predicted octanol–water partition coefficient (Wildman–Crippen LogP) is 2.49. The fourth-order valence-corrected chi connectivity index (χ4v) is 1.89. The average molecular weight is 176 g/mol. The number of hydrogen-bond donors (Lipinski definition) is 1. The van der Waals surface area contributed by atoms with Gasteiger partial charge in [0.05, 0.1) is 6.10 Å². The van der Waals surface area contributed by atoms with E-state index in [1.807, 2.05) is 0 Å². The van der Waals surface area contributed by atoms with Crippen molar-refractivity contribution in [3.8, 4) is 0 Å². The number of hydrogen-bond acceptors (Lipinski definition) is 1. The number of rotatable bonds is 2. The third-order valence-electron chi connectivity index (χ3n) is 2.97. The summed E-state index contributed by atoms with van der Waals surface area (Å²) < 4.78 is 0. The van der Waals surface area contributed by atoms with E-state index < -0.39 is 0 Å². The number of aliphatic hydroxyl groups is 1. The van der Waals surface area contributed by atoms with Gasteiger partial charge in [0.15, 0.2) is 0 Å². The molecule has 0 aromatic heterocycles. The van der Waals surface area contributed by atoms with Crippen LogP contribution in [0.1, 0.15) is 36.8 Å². The van der Waals surface area contributed by atoms with Crippen LogP contribution in [0.3, 0.4) is 0 Å². The first-order valence-electron chi connectivity index (χ1n) is 5.06. The van der Waals surface area contributed by atoms with E-state index in [4.69, 9.17) is 0 Å². The standard InChI is InChI=1S/C12H16O/c1-2-9-3-5-10(6-4-9)11-7-12(13)8-11/h3-6,11-13H,2,7-8H2,1H3. The van der Waals surface area contributed by atoms with Crippen molar-refractivity contribution in [3.05, 3.63) is 35.4 Å². The predicted molar refractivity (Wildman–Crippen MR) is 53.8 cm³/mol. The first-order chi connectivity index (χ1) is 6.29. The molecule has 1 aliphatic carbocycles. The van der Waals surface area contributed by atoms with Crippen LogP contribution in [0.5, 0.6) is 0 Å². The molecule has 0 heterocycles. The van der Waals surface area contributed by atoms with Crippen molar-refractivity contribution in [2.24, 2.45) is 0 Å². The summed E-state index contributed by atoms with van der Waals surface area (Å²) in [5.74, 6) is 0.612. The second-order valence-electron chi connectivity index (χ2n) is 3.92. The van der Waals surface area contributed by atoms with Crippen molar-refractivity contribution in [2.75, 3.05) is 0 Å². The van der Waals surface area contributed by atoms with Gasteiger partial charge >= 0.3 is 0 Å². The van der Waals surface area contributed by atoms with E-state index in [1.165, 1.54) is 11.1 Å². The van der Waals surface area contributed by atoms with Crippen LogP contribution in [0.4, 0.5) is 0 Å². The topological polar surface area (TPSA) is 20.2 Å². The Morgan fingerprint density at radius 3 is 2.31 bits per heavy atom. The highest BCUT2D eigenvalue weighted by atomic mass is 16.3. The summed E-state index contributed by atoms with van der Waals surface area (Å²) in [5.41, 5.74) is 2.78. The van der Waals surface area contributed by atoms with Crippen molar-refractivity contribution in [1.29, 1.82) is 0 Å². The highest BCUT2D eigenvalue weighted by Crippen LogP contribution is 2.36. The molecule has 0 atom stereocenters. The smallest absolute Gasteiger partial charge is 0.0552 e. The van der Waals surface area contributed by atoms with Crippen LogP contribution in [0.25, 0.3) is 0 Å². The molecule has 0 saturated heterocycles. The minimum absolute atomic E-state index is 0.0455. The molecule has 1 aliphatic rings. The van der Waals surface area contributed by atoms with Gasteiger partial charge in [-0.1, -0.05) is 31.2 Å². The number of aryl methyl sites for hydroxylation is 1. The minimum atomic E-state index is -0.0455. The summed E-state index contributed by atoms with van der Waals surface area (Å²) in [6.07, 6.45) is 2.96. The maximum Gasteiger partial charge on any atom is 0.0552 e. The Hall–Kier alpha value is -0.820. The molecule has 0 unspecified atom stereocenters. The summed E-state index contributed by atoms with van der Waals surface area (Å²) in [7, 11) is 0. The van der Waals surface area contributed by atoms with E-state index in [0.717, 1.165) is 19.3 Å². The van der Waals surface area contributed by atoms with Gasteiger partial charge in [-0.05, 0) is 36.3 Å². The summed E-state index contributed by atoms with van der Waals surface area (Å²) in [6, 6.07) is 8.80. The number of benzene rings is 1. The molecular weight excluding hydrogens is 160 g/mol. The van der Waals surface area contributed by atoms with E-state index >= 15 is 0 Å². The average Bonchev–Trinajstić information content (AvgIpc) is 2.13. The lowest BCUT2D eigenvalue weighted by atomic mass is 9.77. The van der Waals surface area contributed by atoms with Crippen LogP contribution in [0, 0.1) is 0 Å². The molecule has 2 rings (SSSR count). The van der Waals surface area contributed by atoms with Crippen LogP contribution in [-0.4, -0.2) is 11.2 Å². The Morgan fingerprint density at radius 1 is 1.23 bits per heavy atom. The lowest BCUT2D eigenvalue weighted by Gasteiger charge is -2.31. The molecule has 0 bridgehead atoms. The van der Waals surface area contributed by atoms with E-state index in [1.54, 1.807) is 0 Å². The van der Waals surface area contributed by atoms with Crippen molar-refractivity contribution < 1.29 is 5.11 Å². The van der Waals surface area contributed by atoms with Crippen LogP contribution < -0.4 is 0 Å². The van der Waals surface area contributed by atoms with Gasteiger partial charge in [0, 0.05) is 0 Å². The largest absolute Gasteiger partial charge is 0.393 e. The third kappa shape index (κ3) is 1.75. The maximum atomic E-state index is 9.18. The van der Waals surface area contributed by atoms with Crippen molar-refractivity contribution >= 4 is 0 Å². The van der Waals surface area contributed by atoms with Gasteiger partial charge in [0.2, 0.25) is 0 Å². The van der Waals surface area contributed by atoms with Crippen LogP contribution in [0.2, 0.25) is 0 Å². The summed E-state index contributed by atoms with van der Waals surface area (Å²) in [6.45, 7) is 2.17. The lowest BCUT2D eigenvalue weighted by Crippen LogP contribution is -2.26. The molecule has 0 amide bonds. The monoisotopic (exact) mass is 176 g/mol. The Kier molecular flexibility index (Phi) is 2.36. The fraction of sp³-hybridized carbons (Fsp3) is 0.500. The van der Waals surface area contributed by atoms with Gasteiger partial charge in [0.1, 0.15) is 0 Å². The third-order valence-corrected chi connectivity index (χ3v) is 2.97. The normalized spacial score (nSPS) is 26.9. The van der Waals surface area contributed by atoms with E-state index in [-0.39, 0.29) is 6.10 Å². The second-order valence-corrected chi connectivity index (χ2v) is 3.92. The zero-order valence-corrected chi connectivity index (χ0v) is 8.03. The van der Waals surface area contributed by atoms with Crippen molar-refractivity contribution in [2.45, 2.75) is 38.2 Å². The molecule has 1 nitrogen and oxygen atoms in total. The highest BCUT2D eigenvalue weighted by molar-refractivity contribution is 5.27. The number of aliphatic hydroxyl groups excluding tert-OH is 1. The lowest BCUT2D eigenvalue weighted by molar-refractivity contribution is 0.0746. The maximum absolute atomic E-state index is 9.18. The van der Waals surface area contributed by atoms with Crippen LogP contribution in [0.15, 0.2) is 24.3 Å². The Labute approximate surface area is 79.4 Å². The molecule has 1 fully saturated rings. The molecule has 1 saturated carbocycles. The van der Waals surface area contributed by atoms with Gasteiger partial charge in [-0.2, -0.15) is 0 Å². The van der Waals surface area contributed by atoms with Crippen LogP contribution >= 0.6 is 0 Å². The minimum Gasteiger partial charge on any atom is -0.393 e. The zero-order chi connectivity index (χ0) is 9.26. The Bertz CT molecular complexity index is 270. The summed E-state index contributed by atoms with van der Waals surface area (Å²) in [5, 5.41) is 9.18. The van der Waals surface area contributed by atoms with Crippen LogP contribution in [-0.2, 0) is 6.42 Å². The van der Waals surface area contributed by atoms with Crippen molar-refractivity contribution in [3.63, 3.8) is 0 Å². The molecule has 13 heavy (non-hydrogen) atoms. The SMILES string of the molecule is CCc1ccc(C2CC(O)C2)cc1. The Balaban J connectivity index is 2.06. The van der Waals surface area contributed by atoms with Gasteiger partial charge in [0.25, 0.3) is 0 Å². The first kappa shape index (κ1) is 8.76. The quantitative estimate of drug-likeness (QED) is 0.734. The van der Waals surface area contributed by atoms with Gasteiger partial charge in [-0.3, -0.25) is 0 Å². The molecule has 1 aromatic carbocycles. The molecule has 0 aliphatic heterocycles. The molecule has 0 spiro atoms. The summed E-state index contributed by atoms with van der Waals surface area (Å²) in [4.78, 5) is 0. The second kappa shape index (κ2) is 3.51. The van der Waals surface area contributed by atoms with Gasteiger partial charge in [-0.25, -0.2) is 0 Å². The van der Waals surface area contributed by atoms with E-state index in [9.17, 15) is 5.11 Å². The van der Waals surface area contributed by atoms with Gasteiger partial charge < -0.3 is 5.11 Å². The van der Waals surface area contributed by atoms with Crippen molar-refractivity contribution in [1.82, 2.24) is 0 Å². The zero-order valence-electron chi connectivity index (χ0n) is 8.03. The molecular formula is C12H16O. The molecule has 1 heteroatoms. The van der Waals surface area contributed by atoms with E-state index in [0.29, 0.717) is 5.92 Å². The first-order valence-corrected chi connectivity index (χ1v) is 5.06.